The normalized spacial score (nSPS) is 9.95. The molecule has 8 nitrogen and oxygen atoms in total. The van der Waals surface area contributed by atoms with Crippen molar-refractivity contribution in [2.45, 2.75) is 0 Å². The maximum atomic E-state index is 12.0. The number of H-pyrrole nitrogens is 1. The van der Waals surface area contributed by atoms with Crippen molar-refractivity contribution in [3.05, 3.63) is 51.8 Å². The molecule has 0 saturated heterocycles. The van der Waals surface area contributed by atoms with Crippen molar-refractivity contribution in [1.82, 2.24) is 4.98 Å². The summed E-state index contributed by atoms with van der Waals surface area (Å²) >= 11 is 0. The third-order valence-corrected chi connectivity index (χ3v) is 2.73. The van der Waals surface area contributed by atoms with Crippen LogP contribution in [0.2, 0.25) is 0 Å². The molecule has 0 saturated carbocycles. The van der Waals surface area contributed by atoms with Crippen molar-refractivity contribution in [1.29, 1.82) is 0 Å². The van der Waals surface area contributed by atoms with Gasteiger partial charge in [0.1, 0.15) is 11.4 Å². The molecule has 0 spiro atoms. The minimum atomic E-state index is -0.575. The highest BCUT2D eigenvalue weighted by molar-refractivity contribution is 6.04. The molecule has 1 aromatic carbocycles. The number of nitro groups is 1. The second-order valence-electron chi connectivity index (χ2n) is 4.06. The van der Waals surface area contributed by atoms with E-state index in [1.807, 2.05) is 0 Å². The molecule has 2 rings (SSSR count). The maximum Gasteiger partial charge on any atom is 0.272 e. The molecule has 0 aliphatic carbocycles. The van der Waals surface area contributed by atoms with Crippen LogP contribution in [0.25, 0.3) is 0 Å². The van der Waals surface area contributed by atoms with E-state index in [0.29, 0.717) is 11.8 Å². The zero-order chi connectivity index (χ0) is 15.4. The summed E-state index contributed by atoms with van der Waals surface area (Å²) in [7, 11) is 1.38. The Labute approximate surface area is 118 Å². The number of methoxy groups -OCH3 is 1. The second-order valence-corrected chi connectivity index (χ2v) is 4.06. The summed E-state index contributed by atoms with van der Waals surface area (Å²) in [4.78, 5) is 35.4. The Morgan fingerprint density at radius 2 is 2.19 bits per heavy atom. The van der Waals surface area contributed by atoms with Crippen molar-refractivity contribution in [2.24, 2.45) is 0 Å². The first-order chi connectivity index (χ1) is 10.0. The highest BCUT2D eigenvalue weighted by Gasteiger charge is 2.15. The van der Waals surface area contributed by atoms with Crippen LogP contribution in [0.15, 0.2) is 30.5 Å². The third-order valence-electron chi connectivity index (χ3n) is 2.73. The number of carbonyl (C=O) groups excluding carboxylic acids is 2. The number of hydrogen-bond donors (Lipinski definition) is 2. The van der Waals surface area contributed by atoms with Gasteiger partial charge in [0, 0.05) is 23.9 Å². The van der Waals surface area contributed by atoms with Crippen molar-refractivity contribution in [3.63, 3.8) is 0 Å². The van der Waals surface area contributed by atoms with E-state index >= 15 is 0 Å². The van der Waals surface area contributed by atoms with Gasteiger partial charge in [-0.25, -0.2) is 0 Å². The summed E-state index contributed by atoms with van der Waals surface area (Å²) < 4.78 is 5.04. The summed E-state index contributed by atoms with van der Waals surface area (Å²) in [6.45, 7) is 0. The Hall–Kier alpha value is -3.16. The SMILES string of the molecule is COc1ccc([N+](=O)[O-])cc1NC(=O)c1cc(C=O)c[nH]1. The van der Waals surface area contributed by atoms with Gasteiger partial charge in [0.25, 0.3) is 11.6 Å². The fourth-order valence-corrected chi connectivity index (χ4v) is 1.71. The monoisotopic (exact) mass is 289 g/mol. The van der Waals surface area contributed by atoms with Crippen molar-refractivity contribution < 1.29 is 19.2 Å². The smallest absolute Gasteiger partial charge is 0.272 e. The van der Waals surface area contributed by atoms with Gasteiger partial charge in [0.15, 0.2) is 6.29 Å². The summed E-state index contributed by atoms with van der Waals surface area (Å²) in [6, 6.07) is 5.22. The molecule has 0 unspecified atom stereocenters. The molecular weight excluding hydrogens is 278 g/mol. The average molecular weight is 289 g/mol. The van der Waals surface area contributed by atoms with Gasteiger partial charge in [0.05, 0.1) is 17.7 Å². The molecule has 0 atom stereocenters. The highest BCUT2D eigenvalue weighted by atomic mass is 16.6. The van der Waals surface area contributed by atoms with E-state index in [1.165, 1.54) is 37.6 Å². The van der Waals surface area contributed by atoms with Gasteiger partial charge >= 0.3 is 0 Å². The van der Waals surface area contributed by atoms with Crippen LogP contribution in [0.3, 0.4) is 0 Å². The number of carbonyl (C=O) groups is 2. The maximum absolute atomic E-state index is 12.0. The number of aldehydes is 1. The number of amides is 1. The van der Waals surface area contributed by atoms with E-state index in [0.717, 1.165) is 0 Å². The summed E-state index contributed by atoms with van der Waals surface area (Å²) in [5, 5.41) is 13.3. The molecule has 0 aliphatic heterocycles. The molecule has 1 aromatic heterocycles. The van der Waals surface area contributed by atoms with Gasteiger partial charge in [-0.3, -0.25) is 19.7 Å². The molecule has 0 fully saturated rings. The number of hydrogen-bond acceptors (Lipinski definition) is 5. The molecule has 1 amide bonds. The molecular formula is C13H11N3O5. The minimum Gasteiger partial charge on any atom is -0.495 e. The van der Waals surface area contributed by atoms with E-state index in [9.17, 15) is 19.7 Å². The number of benzene rings is 1. The highest BCUT2D eigenvalue weighted by Crippen LogP contribution is 2.29. The van der Waals surface area contributed by atoms with E-state index in [1.54, 1.807) is 0 Å². The fraction of sp³-hybridized carbons (Fsp3) is 0.0769. The Balaban J connectivity index is 2.28. The summed E-state index contributed by atoms with van der Waals surface area (Å²) in [5.74, 6) is -0.252. The first-order valence-corrected chi connectivity index (χ1v) is 5.82. The Morgan fingerprint density at radius 1 is 1.43 bits per heavy atom. The quantitative estimate of drug-likeness (QED) is 0.496. The van der Waals surface area contributed by atoms with E-state index in [-0.39, 0.29) is 22.8 Å². The summed E-state index contributed by atoms with van der Waals surface area (Å²) in [6.07, 6.45) is 1.98. The standard InChI is InChI=1S/C13H11N3O5/c1-21-12-3-2-9(16(19)20)5-10(12)15-13(18)11-4-8(7-17)6-14-11/h2-7,14H,1H3,(H,15,18). The molecule has 2 aromatic rings. The number of nitro benzene ring substituents is 1. The van der Waals surface area contributed by atoms with Crippen molar-refractivity contribution in [2.75, 3.05) is 12.4 Å². The van der Waals surface area contributed by atoms with Gasteiger partial charge in [0.2, 0.25) is 0 Å². The molecule has 0 aliphatic rings. The Morgan fingerprint density at radius 3 is 2.76 bits per heavy atom. The molecule has 0 bridgehead atoms. The van der Waals surface area contributed by atoms with Crippen LogP contribution in [-0.4, -0.2) is 29.2 Å². The zero-order valence-electron chi connectivity index (χ0n) is 11.0. The van der Waals surface area contributed by atoms with Crippen molar-refractivity contribution >= 4 is 23.6 Å². The molecule has 108 valence electrons. The number of aromatic nitrogens is 1. The van der Waals surface area contributed by atoms with Crippen molar-refractivity contribution in [3.8, 4) is 5.75 Å². The summed E-state index contributed by atoms with van der Waals surface area (Å²) in [5.41, 5.74) is 0.474. The van der Waals surface area contributed by atoms with Gasteiger partial charge < -0.3 is 15.0 Å². The third kappa shape index (κ3) is 3.06. The lowest BCUT2D eigenvalue weighted by molar-refractivity contribution is -0.384. The van der Waals surface area contributed by atoms with Gasteiger partial charge in [-0.05, 0) is 12.1 Å². The van der Waals surface area contributed by atoms with Crippen LogP contribution in [0.4, 0.5) is 11.4 Å². The minimum absolute atomic E-state index is 0.158. The predicted molar refractivity (Wildman–Crippen MR) is 73.8 cm³/mol. The van der Waals surface area contributed by atoms with Gasteiger partial charge in [-0.15, -0.1) is 0 Å². The van der Waals surface area contributed by atoms with E-state index in [2.05, 4.69) is 10.3 Å². The number of ether oxygens (including phenoxy) is 1. The van der Waals surface area contributed by atoms with Crippen LogP contribution in [-0.2, 0) is 0 Å². The lowest BCUT2D eigenvalue weighted by atomic mass is 10.2. The topological polar surface area (TPSA) is 114 Å². The number of nitrogens with one attached hydrogen (secondary N) is 2. The number of rotatable bonds is 5. The Kier molecular flexibility index (Phi) is 3.98. The first-order valence-electron chi connectivity index (χ1n) is 5.82. The van der Waals surface area contributed by atoms with Crippen LogP contribution in [0.1, 0.15) is 20.8 Å². The Bertz CT molecular complexity index is 708. The molecule has 0 radical (unpaired) electrons. The van der Waals surface area contributed by atoms with Gasteiger partial charge in [-0.1, -0.05) is 0 Å². The first kappa shape index (κ1) is 14.3. The van der Waals surface area contributed by atoms with Crippen LogP contribution >= 0.6 is 0 Å². The van der Waals surface area contributed by atoms with Crippen LogP contribution in [0.5, 0.6) is 5.75 Å². The number of non-ortho nitro benzene ring substituents is 1. The van der Waals surface area contributed by atoms with Crippen LogP contribution in [0, 0.1) is 10.1 Å². The lowest BCUT2D eigenvalue weighted by Crippen LogP contribution is -2.13. The van der Waals surface area contributed by atoms with Crippen LogP contribution < -0.4 is 10.1 Å². The van der Waals surface area contributed by atoms with E-state index in [4.69, 9.17) is 4.74 Å². The molecule has 1 heterocycles. The lowest BCUT2D eigenvalue weighted by Gasteiger charge is -2.09. The second kappa shape index (κ2) is 5.87. The predicted octanol–water partition coefficient (Wildman–Crippen LogP) is 2.00. The fourth-order valence-electron chi connectivity index (χ4n) is 1.71. The average Bonchev–Trinajstić information content (AvgIpc) is 2.96. The van der Waals surface area contributed by atoms with Gasteiger partial charge in [-0.2, -0.15) is 0 Å². The molecule has 8 heteroatoms. The molecule has 21 heavy (non-hydrogen) atoms. The number of anilines is 1. The largest absolute Gasteiger partial charge is 0.495 e. The molecule has 2 N–H and O–H groups in total. The zero-order valence-corrected chi connectivity index (χ0v) is 11.0. The van der Waals surface area contributed by atoms with E-state index < -0.39 is 10.8 Å². The number of nitrogens with zero attached hydrogens (tertiary/aromatic N) is 1. The number of aromatic amines is 1.